The lowest BCUT2D eigenvalue weighted by atomic mass is 9.88. The van der Waals surface area contributed by atoms with Gasteiger partial charge in [0, 0.05) is 5.41 Å². The number of benzene rings is 2. The van der Waals surface area contributed by atoms with Crippen LogP contribution in [0, 0.1) is 30.6 Å². The van der Waals surface area contributed by atoms with E-state index in [1.165, 1.54) is 0 Å². The maximum atomic E-state index is 9.10. The fourth-order valence-electron chi connectivity index (χ4n) is 2.60. The van der Waals surface area contributed by atoms with Gasteiger partial charge in [0.2, 0.25) is 0 Å². The summed E-state index contributed by atoms with van der Waals surface area (Å²) < 4.78 is 6.37. The van der Waals surface area contributed by atoms with E-state index in [-0.39, 0.29) is 11.5 Å². The van der Waals surface area contributed by atoms with Gasteiger partial charge >= 0.3 is 0 Å². The molecule has 2 aromatic carbocycles. The quantitative estimate of drug-likeness (QED) is 0.726. The fraction of sp³-hybridized carbons (Fsp3) is 0.318. The smallest absolute Gasteiger partial charge is 0.126 e. The van der Waals surface area contributed by atoms with Gasteiger partial charge in [-0.3, -0.25) is 0 Å². The molecule has 0 amide bonds. The van der Waals surface area contributed by atoms with Crippen LogP contribution in [-0.4, -0.2) is 6.10 Å². The van der Waals surface area contributed by atoms with E-state index in [9.17, 15) is 0 Å². The molecule has 0 spiro atoms. The Balaban J connectivity index is 2.31. The Morgan fingerprint density at radius 1 is 1.04 bits per heavy atom. The van der Waals surface area contributed by atoms with Gasteiger partial charge in [-0.1, -0.05) is 57.2 Å². The summed E-state index contributed by atoms with van der Waals surface area (Å²) in [6.45, 7) is 10.5. The van der Waals surface area contributed by atoms with Crippen molar-refractivity contribution in [2.45, 2.75) is 40.7 Å². The highest BCUT2D eigenvalue weighted by Gasteiger charge is 2.25. The molecule has 0 aliphatic carbocycles. The van der Waals surface area contributed by atoms with Crippen LogP contribution in [-0.2, 0) is 0 Å². The standard InChI is InChI=1S/C22H25NO/c1-16-13-19(15-23)14-17(2)21(16)24-20(22(3,4)5)12-11-18-9-7-6-8-10-18/h6-14,20H,1-5H3/b12-11+. The van der Waals surface area contributed by atoms with Gasteiger partial charge in [-0.2, -0.15) is 5.26 Å². The predicted octanol–water partition coefficient (Wildman–Crippen LogP) is 5.68. The molecule has 0 aromatic heterocycles. The zero-order valence-corrected chi connectivity index (χ0v) is 15.1. The molecule has 2 nitrogen and oxygen atoms in total. The lowest BCUT2D eigenvalue weighted by molar-refractivity contribution is 0.127. The Morgan fingerprint density at radius 3 is 2.12 bits per heavy atom. The third-order valence-electron chi connectivity index (χ3n) is 3.95. The second-order valence-corrected chi connectivity index (χ2v) is 7.23. The topological polar surface area (TPSA) is 33.0 Å². The Morgan fingerprint density at radius 2 is 1.62 bits per heavy atom. The van der Waals surface area contributed by atoms with Crippen LogP contribution in [0.3, 0.4) is 0 Å². The number of hydrogen-bond acceptors (Lipinski definition) is 2. The van der Waals surface area contributed by atoms with E-state index >= 15 is 0 Å². The Labute approximate surface area is 145 Å². The molecular formula is C22H25NO. The third kappa shape index (κ3) is 4.49. The molecule has 2 rings (SSSR count). The number of nitriles is 1. The van der Waals surface area contributed by atoms with Crippen molar-refractivity contribution in [3.05, 3.63) is 70.8 Å². The number of hydrogen-bond donors (Lipinski definition) is 0. The zero-order valence-electron chi connectivity index (χ0n) is 15.1. The molecule has 0 aliphatic heterocycles. The van der Waals surface area contributed by atoms with Gasteiger partial charge < -0.3 is 4.74 Å². The molecule has 0 radical (unpaired) electrons. The van der Waals surface area contributed by atoms with Crippen molar-refractivity contribution in [3.63, 3.8) is 0 Å². The van der Waals surface area contributed by atoms with Crippen molar-refractivity contribution < 1.29 is 4.74 Å². The highest BCUT2D eigenvalue weighted by Crippen LogP contribution is 2.31. The molecule has 0 fully saturated rings. The number of rotatable bonds is 4. The van der Waals surface area contributed by atoms with Crippen LogP contribution >= 0.6 is 0 Å². The minimum Gasteiger partial charge on any atom is -0.485 e. The van der Waals surface area contributed by atoms with Gasteiger partial charge in [0.15, 0.2) is 0 Å². The molecule has 0 heterocycles. The highest BCUT2D eigenvalue weighted by atomic mass is 16.5. The maximum absolute atomic E-state index is 9.10. The van der Waals surface area contributed by atoms with Crippen molar-refractivity contribution in [1.29, 1.82) is 5.26 Å². The molecule has 24 heavy (non-hydrogen) atoms. The molecule has 2 aromatic rings. The van der Waals surface area contributed by atoms with Crippen LogP contribution in [0.2, 0.25) is 0 Å². The van der Waals surface area contributed by atoms with Gasteiger partial charge in [-0.25, -0.2) is 0 Å². The first-order chi connectivity index (χ1) is 11.3. The van der Waals surface area contributed by atoms with Crippen LogP contribution in [0.5, 0.6) is 5.75 Å². The average Bonchev–Trinajstić information content (AvgIpc) is 2.53. The summed E-state index contributed by atoms with van der Waals surface area (Å²) in [6, 6.07) is 16.2. The number of ether oxygens (including phenoxy) is 1. The van der Waals surface area contributed by atoms with Crippen LogP contribution < -0.4 is 4.74 Å². The summed E-state index contributed by atoms with van der Waals surface area (Å²) in [5.41, 5.74) is 3.77. The van der Waals surface area contributed by atoms with Gasteiger partial charge in [0.25, 0.3) is 0 Å². The Bertz CT molecular complexity index is 738. The number of nitrogens with zero attached hydrogens (tertiary/aromatic N) is 1. The average molecular weight is 319 g/mol. The van der Waals surface area contributed by atoms with E-state index in [1.807, 2.05) is 44.2 Å². The lowest BCUT2D eigenvalue weighted by Gasteiger charge is -2.30. The summed E-state index contributed by atoms with van der Waals surface area (Å²) in [6.07, 6.45) is 4.15. The van der Waals surface area contributed by atoms with Crippen molar-refractivity contribution in [2.75, 3.05) is 0 Å². The van der Waals surface area contributed by atoms with Gasteiger partial charge in [0.1, 0.15) is 11.9 Å². The second kappa shape index (κ2) is 7.36. The van der Waals surface area contributed by atoms with Gasteiger partial charge in [-0.15, -0.1) is 0 Å². The van der Waals surface area contributed by atoms with E-state index in [4.69, 9.17) is 10.00 Å². The normalized spacial score (nSPS) is 12.8. The minimum atomic E-state index is -0.0666. The van der Waals surface area contributed by atoms with Crippen LogP contribution in [0.1, 0.15) is 43.0 Å². The van der Waals surface area contributed by atoms with Crippen LogP contribution in [0.25, 0.3) is 6.08 Å². The summed E-state index contributed by atoms with van der Waals surface area (Å²) >= 11 is 0. The van der Waals surface area contributed by atoms with E-state index < -0.39 is 0 Å². The first kappa shape index (κ1) is 17.8. The predicted molar refractivity (Wildman–Crippen MR) is 100.0 cm³/mol. The largest absolute Gasteiger partial charge is 0.485 e. The molecule has 1 atom stereocenters. The SMILES string of the molecule is Cc1cc(C#N)cc(C)c1OC(/C=C/c1ccccc1)C(C)(C)C. The highest BCUT2D eigenvalue weighted by molar-refractivity contribution is 5.51. The van der Waals surface area contributed by atoms with Crippen LogP contribution in [0.15, 0.2) is 48.5 Å². The first-order valence-corrected chi connectivity index (χ1v) is 8.22. The Kier molecular flexibility index (Phi) is 5.46. The summed E-state index contributed by atoms with van der Waals surface area (Å²) in [5, 5.41) is 9.10. The fourth-order valence-corrected chi connectivity index (χ4v) is 2.60. The summed E-state index contributed by atoms with van der Waals surface area (Å²) in [5.74, 6) is 0.867. The monoisotopic (exact) mass is 319 g/mol. The lowest BCUT2D eigenvalue weighted by Crippen LogP contribution is -2.30. The van der Waals surface area contributed by atoms with Crippen molar-refractivity contribution in [1.82, 2.24) is 0 Å². The number of aryl methyl sites for hydroxylation is 2. The van der Waals surface area contributed by atoms with E-state index in [1.54, 1.807) is 0 Å². The van der Waals surface area contributed by atoms with E-state index in [0.29, 0.717) is 5.56 Å². The minimum absolute atomic E-state index is 0.0436. The maximum Gasteiger partial charge on any atom is 0.126 e. The van der Waals surface area contributed by atoms with Crippen molar-refractivity contribution >= 4 is 6.08 Å². The summed E-state index contributed by atoms with van der Waals surface area (Å²) in [4.78, 5) is 0. The molecule has 1 unspecified atom stereocenters. The summed E-state index contributed by atoms with van der Waals surface area (Å²) in [7, 11) is 0. The van der Waals surface area contributed by atoms with Crippen molar-refractivity contribution in [3.8, 4) is 11.8 Å². The molecular weight excluding hydrogens is 294 g/mol. The molecule has 124 valence electrons. The molecule has 0 bridgehead atoms. The molecule has 0 aliphatic rings. The third-order valence-corrected chi connectivity index (χ3v) is 3.95. The van der Waals surface area contributed by atoms with Crippen LogP contribution in [0.4, 0.5) is 0 Å². The Hall–Kier alpha value is -2.53. The van der Waals surface area contributed by atoms with Gasteiger partial charge in [-0.05, 0) is 48.7 Å². The molecule has 0 saturated heterocycles. The van der Waals surface area contributed by atoms with Crippen molar-refractivity contribution in [2.24, 2.45) is 5.41 Å². The van der Waals surface area contributed by atoms with E-state index in [0.717, 1.165) is 22.4 Å². The zero-order chi connectivity index (χ0) is 17.7. The first-order valence-electron chi connectivity index (χ1n) is 8.22. The van der Waals surface area contributed by atoms with E-state index in [2.05, 4.69) is 51.1 Å². The van der Waals surface area contributed by atoms with Gasteiger partial charge in [0.05, 0.1) is 11.6 Å². The molecule has 0 saturated carbocycles. The molecule has 0 N–H and O–H groups in total. The molecule has 2 heteroatoms. The second-order valence-electron chi connectivity index (χ2n) is 7.23.